The molecule has 11 amide bonds. The molecule has 2 aromatic rings. The van der Waals surface area contributed by atoms with Crippen molar-refractivity contribution in [1.82, 2.24) is 51.5 Å². The van der Waals surface area contributed by atoms with Crippen LogP contribution in [0.1, 0.15) is 145 Å². The van der Waals surface area contributed by atoms with E-state index in [2.05, 4.69) is 37.2 Å². The molecule has 2 aromatic carbocycles. The second kappa shape index (κ2) is 38.5. The number of primary amides is 2. The lowest BCUT2D eigenvalue weighted by atomic mass is 9.86. The summed E-state index contributed by atoms with van der Waals surface area (Å²) < 4.78 is 48.0. The molecule has 2 aliphatic rings. The maximum atomic E-state index is 14.6. The highest BCUT2D eigenvalue weighted by molar-refractivity contribution is 5.98. The van der Waals surface area contributed by atoms with Crippen LogP contribution in [0.4, 0.5) is 23.7 Å². The Labute approximate surface area is 565 Å². The Balaban J connectivity index is 1.42. The zero-order valence-electron chi connectivity index (χ0n) is 58.8. The van der Waals surface area contributed by atoms with Crippen molar-refractivity contribution in [3.8, 4) is 0 Å². The highest BCUT2D eigenvalue weighted by Crippen LogP contribution is 2.35. The molecule has 538 valence electrons. The van der Waals surface area contributed by atoms with Crippen LogP contribution < -0.4 is 48.7 Å². The van der Waals surface area contributed by atoms with Crippen LogP contribution in [0.3, 0.4) is 0 Å². The van der Waals surface area contributed by atoms with E-state index in [4.69, 9.17) is 16.2 Å². The largest absolute Gasteiger partial charge is 0.404 e. The SMILES string of the molecule is CC[C@H](C)[C@@H]([C@@H](CC(=O)N1CCC[C@H]1[C@H](C)[C@@H](C)C(=O)N[C@@H](Cc1ccccc1)C(=O)NCc1ccc(NC(=O)[C@H](CCCNC(N)=O)NC(=O)[C@@H](NC(=O)CCCN2CC[C@H](C(N)=O)C[C@@H]2C(F)(F)F)C(C)C)cc1)OC)N(C)C(=O)[C@@H](NC(=O)[C@H](C(C)C)N(C)C)C(C)C. The first-order chi connectivity index (χ1) is 45.1. The van der Waals surface area contributed by atoms with E-state index in [0.717, 1.165) is 5.56 Å². The molecule has 2 aliphatic heterocycles. The van der Waals surface area contributed by atoms with Crippen LogP contribution in [0.25, 0.3) is 0 Å². The van der Waals surface area contributed by atoms with Gasteiger partial charge in [-0.1, -0.05) is 118 Å². The smallest absolute Gasteiger partial charge is 0.379 e. The predicted octanol–water partition coefficient (Wildman–Crippen LogP) is 5.22. The summed E-state index contributed by atoms with van der Waals surface area (Å²) in [6, 6.07) is 7.68. The van der Waals surface area contributed by atoms with Crippen molar-refractivity contribution in [3.63, 3.8) is 0 Å². The fraction of sp³-hybridized carbons (Fsp3) is 0.681. The zero-order valence-corrected chi connectivity index (χ0v) is 58.8. The van der Waals surface area contributed by atoms with Crippen molar-refractivity contribution in [2.75, 3.05) is 59.7 Å². The zero-order chi connectivity index (χ0) is 71.9. The highest BCUT2D eigenvalue weighted by Gasteiger charge is 2.48. The number of ether oxygens (including phenoxy) is 1. The normalized spacial score (nSPS) is 19.2. The average Bonchev–Trinajstić information content (AvgIpc) is 1.86. The van der Waals surface area contributed by atoms with E-state index in [1.807, 2.05) is 103 Å². The fourth-order valence-corrected chi connectivity index (χ4v) is 13.1. The highest BCUT2D eigenvalue weighted by atomic mass is 19.4. The van der Waals surface area contributed by atoms with E-state index in [-0.39, 0.29) is 124 Å². The van der Waals surface area contributed by atoms with E-state index < -0.39 is 114 Å². The number of amides is 11. The molecule has 2 fully saturated rings. The molecule has 11 N–H and O–H groups in total. The number of nitrogens with two attached hydrogens (primary N) is 2. The van der Waals surface area contributed by atoms with Crippen LogP contribution in [0.5, 0.6) is 0 Å². The minimum Gasteiger partial charge on any atom is -0.379 e. The van der Waals surface area contributed by atoms with Gasteiger partial charge in [0.15, 0.2) is 0 Å². The number of rotatable bonds is 37. The monoisotopic (exact) mass is 1350 g/mol. The standard InChI is InChI=1S/C69H110F3N13O11/c1-15-43(8)60(83(13)67(94)58(41(4)5)81-66(93)59(42(6)7)82(11)12)53(96-14)38-56(87)85-34-20-25-52(85)44(9)45(10)62(89)79-51(36-46-22-17-16-18-23-46)63(90)76-39-47-27-29-49(30-28-47)77-64(91)50(24-19-32-75-68(74)95)78-65(92)57(40(2)3)80-55(86)26-21-33-84-35-31-48(61(73)88)37-54(84)69(70,71)72/h16-18,22-23,27-30,40-45,48,50-54,57-60H,15,19-21,24-26,31-39H2,1-14H3,(H2,73,88)(H,76,90)(H,77,91)(H,78,92)(H,79,89)(H,80,86)(H,81,93)(H3,74,75,95)/t43-,44+,45+,48-,50-,51-,52-,53+,54+,57-,58-,59-,60-/m0/s1. The van der Waals surface area contributed by atoms with Crippen molar-refractivity contribution >= 4 is 64.9 Å². The van der Waals surface area contributed by atoms with Crippen molar-refractivity contribution in [2.45, 2.75) is 207 Å². The van der Waals surface area contributed by atoms with E-state index in [1.54, 1.807) is 57.0 Å². The molecular weight excluding hydrogens is 1240 g/mol. The van der Waals surface area contributed by atoms with E-state index in [9.17, 15) is 61.1 Å². The minimum atomic E-state index is -4.61. The lowest BCUT2D eigenvalue weighted by molar-refractivity contribution is -0.195. The van der Waals surface area contributed by atoms with E-state index in [0.29, 0.717) is 37.1 Å². The lowest BCUT2D eigenvalue weighted by Gasteiger charge is -2.41. The molecule has 4 rings (SSSR count). The van der Waals surface area contributed by atoms with Gasteiger partial charge in [0.25, 0.3) is 0 Å². The first-order valence-electron chi connectivity index (χ1n) is 33.9. The quantitative estimate of drug-likeness (QED) is 0.0393. The number of hydrogen-bond donors (Lipinski definition) is 9. The summed E-state index contributed by atoms with van der Waals surface area (Å²) in [7, 11) is 6.91. The number of nitrogens with one attached hydrogen (secondary N) is 7. The third kappa shape index (κ3) is 24.3. The molecule has 13 atom stereocenters. The Morgan fingerprint density at radius 2 is 1.33 bits per heavy atom. The van der Waals surface area contributed by atoms with Gasteiger partial charge in [-0.25, -0.2) is 4.79 Å². The van der Waals surface area contributed by atoms with Crippen LogP contribution in [0.15, 0.2) is 54.6 Å². The predicted molar refractivity (Wildman–Crippen MR) is 361 cm³/mol. The molecule has 96 heavy (non-hydrogen) atoms. The van der Waals surface area contributed by atoms with Crippen LogP contribution in [-0.2, 0) is 60.9 Å². The number of benzene rings is 2. The van der Waals surface area contributed by atoms with Gasteiger partial charge >= 0.3 is 12.2 Å². The number of likely N-dealkylation sites (tertiary alicyclic amines) is 2. The number of likely N-dealkylation sites (N-methyl/N-ethyl adjacent to an activating group) is 2. The summed E-state index contributed by atoms with van der Waals surface area (Å²) in [6.07, 6.45) is -3.38. The number of methoxy groups -OCH3 is 1. The van der Waals surface area contributed by atoms with Crippen molar-refractivity contribution in [3.05, 3.63) is 65.7 Å². The second-order valence-corrected chi connectivity index (χ2v) is 27.4. The fourth-order valence-electron chi connectivity index (χ4n) is 13.1. The Kier molecular flexibility index (Phi) is 32.5. The maximum absolute atomic E-state index is 14.6. The Morgan fingerprint density at radius 1 is 0.698 bits per heavy atom. The number of halogens is 3. The van der Waals surface area contributed by atoms with Gasteiger partial charge < -0.3 is 63.2 Å². The molecule has 2 saturated heterocycles. The van der Waals surface area contributed by atoms with Gasteiger partial charge in [0.05, 0.1) is 24.6 Å². The summed E-state index contributed by atoms with van der Waals surface area (Å²) >= 11 is 0. The number of hydrogen-bond acceptors (Lipinski definition) is 13. The molecule has 24 nitrogen and oxygen atoms in total. The lowest BCUT2D eigenvalue weighted by Crippen LogP contribution is -2.59. The number of alkyl halides is 3. The van der Waals surface area contributed by atoms with E-state index in [1.165, 1.54) is 12.0 Å². The Bertz CT molecular complexity index is 2880. The molecular formula is C69H110F3N13O11. The molecule has 0 spiro atoms. The second-order valence-electron chi connectivity index (χ2n) is 27.4. The summed E-state index contributed by atoms with van der Waals surface area (Å²) in [4.78, 5) is 142. The van der Waals surface area contributed by atoms with Gasteiger partial charge in [-0.2, -0.15) is 13.2 Å². The number of piperidine rings is 1. The summed E-state index contributed by atoms with van der Waals surface area (Å²) in [5, 5.41) is 19.6. The van der Waals surface area contributed by atoms with Gasteiger partial charge in [-0.15, -0.1) is 0 Å². The molecule has 27 heteroatoms. The molecule has 0 saturated carbocycles. The Hall–Kier alpha value is -7.39. The van der Waals surface area contributed by atoms with Crippen LogP contribution >= 0.6 is 0 Å². The Morgan fingerprint density at radius 3 is 1.90 bits per heavy atom. The number of urea groups is 1. The van der Waals surface area contributed by atoms with E-state index >= 15 is 0 Å². The third-order valence-electron chi connectivity index (χ3n) is 19.0. The van der Waals surface area contributed by atoms with Gasteiger partial charge in [0.1, 0.15) is 30.2 Å². The van der Waals surface area contributed by atoms with Gasteiger partial charge in [-0.05, 0) is 125 Å². The summed E-state index contributed by atoms with van der Waals surface area (Å²) in [5.74, 6) is -6.95. The van der Waals surface area contributed by atoms with Crippen molar-refractivity contribution in [2.24, 2.45) is 52.9 Å². The molecule has 0 unspecified atom stereocenters. The van der Waals surface area contributed by atoms with Gasteiger partial charge in [0, 0.05) is 70.2 Å². The number of carbonyl (C=O) groups is 10. The first-order valence-corrected chi connectivity index (χ1v) is 33.9. The first kappa shape index (κ1) is 81.0. The number of nitrogens with zero attached hydrogens (tertiary/aromatic N) is 4. The van der Waals surface area contributed by atoms with Gasteiger partial charge in [-0.3, -0.25) is 53.0 Å². The number of anilines is 1. The van der Waals surface area contributed by atoms with Crippen LogP contribution in [-0.4, -0.2) is 194 Å². The van der Waals surface area contributed by atoms with Crippen LogP contribution in [0.2, 0.25) is 0 Å². The average molecular weight is 1350 g/mol. The molecule has 0 aliphatic carbocycles. The van der Waals surface area contributed by atoms with Crippen molar-refractivity contribution in [1.29, 1.82) is 0 Å². The number of carbonyl (C=O) groups excluding carboxylic acids is 10. The molecule has 2 heterocycles. The minimum absolute atomic E-state index is 0.00551. The summed E-state index contributed by atoms with van der Waals surface area (Å²) in [6.45, 7) is 19.3. The maximum Gasteiger partial charge on any atom is 0.404 e. The molecule has 0 radical (unpaired) electrons. The molecule has 0 aromatic heterocycles. The van der Waals surface area contributed by atoms with Crippen molar-refractivity contribution < 1.29 is 65.9 Å². The van der Waals surface area contributed by atoms with Gasteiger partial charge in [0.2, 0.25) is 53.2 Å². The van der Waals surface area contributed by atoms with Crippen LogP contribution in [0, 0.1) is 41.4 Å². The topological polar surface area (TPSA) is 329 Å². The summed E-state index contributed by atoms with van der Waals surface area (Å²) in [5.41, 5.74) is 12.3. The third-order valence-corrected chi connectivity index (χ3v) is 19.0. The molecule has 0 bridgehead atoms.